The van der Waals surface area contributed by atoms with E-state index in [1.54, 1.807) is 13.0 Å². The molecular formula is C16H25FN2O. The third kappa shape index (κ3) is 3.30. The van der Waals surface area contributed by atoms with Gasteiger partial charge in [-0.3, -0.25) is 4.90 Å². The van der Waals surface area contributed by atoms with Gasteiger partial charge >= 0.3 is 0 Å². The van der Waals surface area contributed by atoms with Gasteiger partial charge in [0.2, 0.25) is 0 Å². The molecule has 2 unspecified atom stereocenters. The molecule has 1 aliphatic heterocycles. The van der Waals surface area contributed by atoms with Crippen LogP contribution in [0.3, 0.4) is 0 Å². The monoisotopic (exact) mass is 280 g/mol. The summed E-state index contributed by atoms with van der Waals surface area (Å²) in [7, 11) is 0. The van der Waals surface area contributed by atoms with E-state index in [0.717, 1.165) is 32.6 Å². The number of halogens is 1. The molecule has 0 aliphatic carbocycles. The lowest BCUT2D eigenvalue weighted by Crippen LogP contribution is -2.49. The van der Waals surface area contributed by atoms with Crippen LogP contribution in [-0.2, 0) is 0 Å². The summed E-state index contributed by atoms with van der Waals surface area (Å²) in [5.41, 5.74) is 1.28. The van der Waals surface area contributed by atoms with Crippen LogP contribution in [-0.4, -0.2) is 42.2 Å². The Morgan fingerprint density at radius 1 is 1.20 bits per heavy atom. The van der Waals surface area contributed by atoms with Crippen molar-refractivity contribution in [1.29, 1.82) is 0 Å². The van der Waals surface area contributed by atoms with Gasteiger partial charge < -0.3 is 10.0 Å². The molecule has 1 heterocycles. The molecule has 1 aliphatic rings. The molecule has 20 heavy (non-hydrogen) atoms. The normalized spacial score (nSPS) is 19.9. The van der Waals surface area contributed by atoms with Gasteiger partial charge in [-0.2, -0.15) is 0 Å². The summed E-state index contributed by atoms with van der Waals surface area (Å²) in [6, 6.07) is 5.64. The van der Waals surface area contributed by atoms with Gasteiger partial charge in [0.05, 0.1) is 11.8 Å². The fourth-order valence-electron chi connectivity index (χ4n) is 2.70. The average molecular weight is 280 g/mol. The Hall–Kier alpha value is -1.13. The van der Waals surface area contributed by atoms with Gasteiger partial charge in [-0.25, -0.2) is 4.39 Å². The molecule has 1 aromatic carbocycles. The maximum absolute atomic E-state index is 14.2. The quantitative estimate of drug-likeness (QED) is 0.918. The number of hydrogen-bond acceptors (Lipinski definition) is 3. The molecule has 3 nitrogen and oxygen atoms in total. The highest BCUT2D eigenvalue weighted by atomic mass is 19.1. The summed E-state index contributed by atoms with van der Waals surface area (Å²) in [6.45, 7) is 9.77. The second-order valence-corrected chi connectivity index (χ2v) is 5.67. The van der Waals surface area contributed by atoms with Crippen molar-refractivity contribution in [3.63, 3.8) is 0 Å². The minimum absolute atomic E-state index is 0.236. The minimum Gasteiger partial charge on any atom is -0.389 e. The van der Waals surface area contributed by atoms with Crippen LogP contribution >= 0.6 is 0 Å². The third-order valence-electron chi connectivity index (χ3n) is 4.32. The van der Waals surface area contributed by atoms with Gasteiger partial charge in [-0.1, -0.05) is 13.0 Å². The van der Waals surface area contributed by atoms with Gasteiger partial charge in [0.25, 0.3) is 0 Å². The summed E-state index contributed by atoms with van der Waals surface area (Å²) in [5.74, 6) is -0.236. The standard InChI is InChI=1S/C16H25FN2O/c1-4-12(2)18-7-9-19(10-8-18)16-6-5-14(13(3)20)11-15(16)17/h5-6,11-13,20H,4,7-10H2,1-3H3. The van der Waals surface area contributed by atoms with Crippen LogP contribution in [0.15, 0.2) is 18.2 Å². The number of anilines is 1. The number of aliphatic hydroxyl groups is 1. The van der Waals surface area contributed by atoms with Crippen molar-refractivity contribution in [2.75, 3.05) is 31.1 Å². The topological polar surface area (TPSA) is 26.7 Å². The lowest BCUT2D eigenvalue weighted by Gasteiger charge is -2.39. The van der Waals surface area contributed by atoms with E-state index in [4.69, 9.17) is 0 Å². The summed E-state index contributed by atoms with van der Waals surface area (Å²) in [4.78, 5) is 4.55. The van der Waals surface area contributed by atoms with Crippen molar-refractivity contribution in [3.8, 4) is 0 Å². The summed E-state index contributed by atoms with van der Waals surface area (Å²) in [6.07, 6.45) is 0.526. The summed E-state index contributed by atoms with van der Waals surface area (Å²) >= 11 is 0. The highest BCUT2D eigenvalue weighted by Crippen LogP contribution is 2.25. The Morgan fingerprint density at radius 2 is 1.85 bits per heavy atom. The predicted molar refractivity (Wildman–Crippen MR) is 80.6 cm³/mol. The summed E-state index contributed by atoms with van der Waals surface area (Å²) in [5, 5.41) is 9.49. The van der Waals surface area contributed by atoms with E-state index in [-0.39, 0.29) is 5.82 Å². The summed E-state index contributed by atoms with van der Waals surface area (Å²) < 4.78 is 14.2. The molecule has 2 atom stereocenters. The second kappa shape index (κ2) is 6.55. The first-order valence-corrected chi connectivity index (χ1v) is 7.49. The molecule has 1 fully saturated rings. The molecule has 0 bridgehead atoms. The van der Waals surface area contributed by atoms with Gasteiger partial charge in [0.1, 0.15) is 5.82 Å². The molecule has 4 heteroatoms. The Bertz CT molecular complexity index is 442. The number of hydrogen-bond donors (Lipinski definition) is 1. The molecule has 1 saturated heterocycles. The third-order valence-corrected chi connectivity index (χ3v) is 4.32. The Morgan fingerprint density at radius 3 is 2.35 bits per heavy atom. The molecule has 0 saturated carbocycles. The molecule has 0 amide bonds. The number of nitrogens with zero attached hydrogens (tertiary/aromatic N) is 2. The van der Waals surface area contributed by atoms with Crippen molar-refractivity contribution >= 4 is 5.69 Å². The molecule has 2 rings (SSSR count). The van der Waals surface area contributed by atoms with E-state index in [9.17, 15) is 9.50 Å². The average Bonchev–Trinajstić information content (AvgIpc) is 2.46. The van der Waals surface area contributed by atoms with Crippen molar-refractivity contribution in [1.82, 2.24) is 4.90 Å². The van der Waals surface area contributed by atoms with Crippen LogP contribution in [0.1, 0.15) is 38.9 Å². The fraction of sp³-hybridized carbons (Fsp3) is 0.625. The number of aliphatic hydroxyl groups excluding tert-OH is 1. The van der Waals surface area contributed by atoms with E-state index < -0.39 is 6.10 Å². The van der Waals surface area contributed by atoms with Crippen molar-refractivity contribution in [3.05, 3.63) is 29.6 Å². The van der Waals surface area contributed by atoms with Crippen LogP contribution in [0.4, 0.5) is 10.1 Å². The van der Waals surface area contributed by atoms with Crippen LogP contribution in [0.2, 0.25) is 0 Å². The first-order chi connectivity index (χ1) is 9.52. The zero-order valence-corrected chi connectivity index (χ0v) is 12.6. The van der Waals surface area contributed by atoms with E-state index in [1.165, 1.54) is 6.07 Å². The Balaban J connectivity index is 2.04. The molecule has 1 aromatic rings. The SMILES string of the molecule is CCC(C)N1CCN(c2ccc(C(C)O)cc2F)CC1. The van der Waals surface area contributed by atoms with Gasteiger partial charge in [-0.15, -0.1) is 0 Å². The Labute approximate surface area is 121 Å². The second-order valence-electron chi connectivity index (χ2n) is 5.67. The largest absolute Gasteiger partial charge is 0.389 e. The molecule has 112 valence electrons. The molecule has 0 radical (unpaired) electrons. The van der Waals surface area contributed by atoms with E-state index in [2.05, 4.69) is 23.6 Å². The molecule has 0 aromatic heterocycles. The minimum atomic E-state index is -0.624. The lowest BCUT2D eigenvalue weighted by molar-refractivity contribution is 0.192. The van der Waals surface area contributed by atoms with E-state index >= 15 is 0 Å². The Kier molecular flexibility index (Phi) is 5.00. The van der Waals surface area contributed by atoms with Crippen molar-refractivity contribution < 1.29 is 9.50 Å². The highest BCUT2D eigenvalue weighted by molar-refractivity contribution is 5.50. The van der Waals surface area contributed by atoms with Crippen molar-refractivity contribution in [2.24, 2.45) is 0 Å². The number of piperazine rings is 1. The number of benzene rings is 1. The van der Waals surface area contributed by atoms with Gasteiger partial charge in [0.15, 0.2) is 0 Å². The van der Waals surface area contributed by atoms with Crippen LogP contribution < -0.4 is 4.90 Å². The number of rotatable bonds is 4. The zero-order valence-electron chi connectivity index (χ0n) is 12.6. The van der Waals surface area contributed by atoms with Crippen LogP contribution in [0.25, 0.3) is 0 Å². The molecular weight excluding hydrogens is 255 g/mol. The lowest BCUT2D eigenvalue weighted by atomic mass is 10.1. The first-order valence-electron chi connectivity index (χ1n) is 7.49. The molecule has 0 spiro atoms. The fourth-order valence-corrected chi connectivity index (χ4v) is 2.70. The van der Waals surface area contributed by atoms with E-state index in [1.807, 2.05) is 6.07 Å². The van der Waals surface area contributed by atoms with Gasteiger partial charge in [0, 0.05) is 32.2 Å². The molecule has 1 N–H and O–H groups in total. The van der Waals surface area contributed by atoms with Gasteiger partial charge in [-0.05, 0) is 38.0 Å². The maximum atomic E-state index is 14.2. The zero-order chi connectivity index (χ0) is 14.7. The van der Waals surface area contributed by atoms with Crippen LogP contribution in [0, 0.1) is 5.82 Å². The smallest absolute Gasteiger partial charge is 0.146 e. The predicted octanol–water partition coefficient (Wildman–Crippen LogP) is 2.80. The van der Waals surface area contributed by atoms with E-state index in [0.29, 0.717) is 17.3 Å². The van der Waals surface area contributed by atoms with Crippen LogP contribution in [0.5, 0.6) is 0 Å². The van der Waals surface area contributed by atoms with Crippen molar-refractivity contribution in [2.45, 2.75) is 39.3 Å². The first kappa shape index (κ1) is 15.3. The maximum Gasteiger partial charge on any atom is 0.146 e. The highest BCUT2D eigenvalue weighted by Gasteiger charge is 2.22.